The van der Waals surface area contributed by atoms with Crippen LogP contribution in [0.5, 0.6) is 0 Å². The van der Waals surface area contributed by atoms with Crippen LogP contribution in [0.4, 0.5) is 16.2 Å². The van der Waals surface area contributed by atoms with Crippen molar-refractivity contribution in [2.24, 2.45) is 0 Å². The molecule has 1 unspecified atom stereocenters. The Kier molecular flexibility index (Phi) is 11.5. The van der Waals surface area contributed by atoms with Crippen molar-refractivity contribution < 1.29 is 23.9 Å². The predicted octanol–water partition coefficient (Wildman–Crippen LogP) is 4.84. The first-order valence-electron chi connectivity index (χ1n) is 11.1. The highest BCUT2D eigenvalue weighted by Crippen LogP contribution is 2.24. The van der Waals surface area contributed by atoms with Crippen molar-refractivity contribution in [2.75, 3.05) is 35.1 Å². The summed E-state index contributed by atoms with van der Waals surface area (Å²) in [6, 6.07) is 4.39. The molecule has 34 heavy (non-hydrogen) atoms. The lowest BCUT2D eigenvalue weighted by Gasteiger charge is -2.26. The van der Waals surface area contributed by atoms with E-state index in [1.165, 1.54) is 0 Å². The Morgan fingerprint density at radius 1 is 0.971 bits per heavy atom. The van der Waals surface area contributed by atoms with Gasteiger partial charge in [-0.25, -0.2) is 4.79 Å². The van der Waals surface area contributed by atoms with Gasteiger partial charge in [0.2, 0.25) is 5.91 Å². The van der Waals surface area contributed by atoms with Gasteiger partial charge in [-0.3, -0.25) is 9.59 Å². The van der Waals surface area contributed by atoms with Crippen LogP contribution in [0.1, 0.15) is 53.5 Å². The molecule has 0 saturated heterocycles. The van der Waals surface area contributed by atoms with Crippen LogP contribution in [0.15, 0.2) is 18.2 Å². The minimum absolute atomic E-state index is 0.355. The first-order chi connectivity index (χ1) is 15.6. The molecule has 192 valence electrons. The highest BCUT2D eigenvalue weighted by Gasteiger charge is 2.29. The van der Waals surface area contributed by atoms with Crippen LogP contribution < -0.4 is 15.5 Å². The Hall–Kier alpha value is -2.19. The number of halogens is 2. The van der Waals surface area contributed by atoms with Crippen LogP contribution in [-0.4, -0.2) is 60.1 Å². The summed E-state index contributed by atoms with van der Waals surface area (Å²) in [5.41, 5.74) is 0.685. The fourth-order valence-corrected chi connectivity index (χ4v) is 3.35. The fraction of sp³-hybridized carbons (Fsp3) is 0.625. The average Bonchev–Trinajstić information content (AvgIpc) is 2.66. The first kappa shape index (κ1) is 29.8. The van der Waals surface area contributed by atoms with E-state index in [1.54, 1.807) is 41.5 Å². The molecule has 1 rings (SSSR count). The Morgan fingerprint density at radius 3 is 2.03 bits per heavy atom. The molecule has 0 fully saturated rings. The Bertz CT molecular complexity index is 814. The smallest absolute Gasteiger partial charge is 0.408 e. The average molecular weight is 518 g/mol. The van der Waals surface area contributed by atoms with Crippen molar-refractivity contribution in [3.8, 4) is 0 Å². The number of hydrogen-bond acceptors (Lipinski definition) is 6. The number of carbonyl (C=O) groups excluding carboxylic acids is 3. The Labute approximate surface area is 212 Å². The number of hydrogen-bond donors (Lipinski definition) is 2. The summed E-state index contributed by atoms with van der Waals surface area (Å²) >= 11 is 11.8. The number of nitrogens with zero attached hydrogens (tertiary/aromatic N) is 1. The van der Waals surface area contributed by atoms with Gasteiger partial charge in [0.25, 0.3) is 0 Å². The highest BCUT2D eigenvalue weighted by molar-refractivity contribution is 6.18. The molecule has 0 saturated carbocycles. The van der Waals surface area contributed by atoms with Gasteiger partial charge in [-0.2, -0.15) is 0 Å². The normalized spacial score (nSPS) is 12.5. The first-order valence-corrected chi connectivity index (χ1v) is 12.2. The SMILES string of the molecule is Cc1ccc(N(CCCl)CCCl)cc1NC(=O)C(CC(=O)OC(C)(C)C)NC(=O)OC(C)(C)C. The molecular weight excluding hydrogens is 481 g/mol. The standard InChI is InChI=1S/C24H37Cl2N3O5/c1-16-8-9-17(29(12-10-25)13-11-26)14-18(16)27-21(31)19(15-20(30)33-23(2,3)4)28-22(32)34-24(5,6)7/h8-9,14,19H,10-13,15H2,1-7H3,(H,27,31)(H,28,32). The van der Waals surface area contributed by atoms with E-state index in [-0.39, 0.29) is 6.42 Å². The van der Waals surface area contributed by atoms with E-state index >= 15 is 0 Å². The zero-order valence-corrected chi connectivity index (χ0v) is 22.6. The van der Waals surface area contributed by atoms with Crippen LogP contribution in [0.25, 0.3) is 0 Å². The maximum absolute atomic E-state index is 13.2. The Balaban J connectivity index is 3.13. The second-order valence-corrected chi connectivity index (χ2v) is 10.6. The second kappa shape index (κ2) is 13.0. The topological polar surface area (TPSA) is 97.0 Å². The number of anilines is 2. The minimum Gasteiger partial charge on any atom is -0.460 e. The molecule has 10 heteroatoms. The summed E-state index contributed by atoms with van der Waals surface area (Å²) in [6.45, 7) is 13.3. The molecule has 8 nitrogen and oxygen atoms in total. The van der Waals surface area contributed by atoms with Crippen molar-refractivity contribution in [1.82, 2.24) is 5.32 Å². The number of ether oxygens (including phenoxy) is 2. The molecule has 1 atom stereocenters. The molecule has 2 N–H and O–H groups in total. The van der Waals surface area contributed by atoms with Gasteiger partial charge in [-0.05, 0) is 66.2 Å². The van der Waals surface area contributed by atoms with Crippen molar-refractivity contribution in [1.29, 1.82) is 0 Å². The molecule has 0 aliphatic carbocycles. The molecule has 1 aromatic rings. The number of amides is 2. The number of benzene rings is 1. The maximum Gasteiger partial charge on any atom is 0.408 e. The monoisotopic (exact) mass is 517 g/mol. The van der Waals surface area contributed by atoms with Gasteiger partial charge in [0.15, 0.2) is 0 Å². The van der Waals surface area contributed by atoms with E-state index in [2.05, 4.69) is 10.6 Å². The van der Waals surface area contributed by atoms with Crippen molar-refractivity contribution in [3.05, 3.63) is 23.8 Å². The highest BCUT2D eigenvalue weighted by atomic mass is 35.5. The number of alkyl carbamates (subject to hydrolysis) is 1. The maximum atomic E-state index is 13.2. The van der Waals surface area contributed by atoms with E-state index in [1.807, 2.05) is 30.0 Å². The molecule has 0 aliphatic rings. The molecule has 0 bridgehead atoms. The van der Waals surface area contributed by atoms with Crippen LogP contribution in [-0.2, 0) is 19.1 Å². The number of esters is 1. The molecule has 2 amide bonds. The van der Waals surface area contributed by atoms with E-state index in [0.717, 1.165) is 11.3 Å². The van der Waals surface area contributed by atoms with Crippen molar-refractivity contribution in [3.63, 3.8) is 0 Å². The van der Waals surface area contributed by atoms with Crippen molar-refractivity contribution >= 4 is 52.5 Å². The van der Waals surface area contributed by atoms with Crippen LogP contribution in [0.3, 0.4) is 0 Å². The molecule has 1 aromatic carbocycles. The summed E-state index contributed by atoms with van der Waals surface area (Å²) in [5.74, 6) is -0.350. The summed E-state index contributed by atoms with van der Waals surface area (Å²) in [6.07, 6.45) is -1.16. The summed E-state index contributed by atoms with van der Waals surface area (Å²) in [7, 11) is 0. The molecular formula is C24H37Cl2N3O5. The van der Waals surface area contributed by atoms with Crippen molar-refractivity contribution in [2.45, 2.75) is 72.1 Å². The van der Waals surface area contributed by atoms with Gasteiger partial charge < -0.3 is 25.0 Å². The third kappa shape index (κ3) is 11.3. The predicted molar refractivity (Wildman–Crippen MR) is 137 cm³/mol. The van der Waals surface area contributed by atoms with E-state index in [0.29, 0.717) is 30.5 Å². The molecule has 0 spiro atoms. The van der Waals surface area contributed by atoms with Crippen LogP contribution in [0.2, 0.25) is 0 Å². The minimum atomic E-state index is -1.20. The molecule has 0 aromatic heterocycles. The van der Waals surface area contributed by atoms with Gasteiger partial charge in [-0.1, -0.05) is 6.07 Å². The largest absolute Gasteiger partial charge is 0.460 e. The number of aryl methyl sites for hydroxylation is 1. The number of rotatable bonds is 10. The van der Waals surface area contributed by atoms with E-state index in [4.69, 9.17) is 32.7 Å². The van der Waals surface area contributed by atoms with Gasteiger partial charge in [-0.15, -0.1) is 23.2 Å². The third-order valence-corrected chi connectivity index (χ3v) is 4.69. The van der Waals surface area contributed by atoms with Gasteiger partial charge in [0, 0.05) is 36.2 Å². The number of nitrogens with one attached hydrogen (secondary N) is 2. The molecule has 0 radical (unpaired) electrons. The van der Waals surface area contributed by atoms with Crippen LogP contribution >= 0.6 is 23.2 Å². The van der Waals surface area contributed by atoms with Gasteiger partial charge in [0.1, 0.15) is 17.2 Å². The lowest BCUT2D eigenvalue weighted by molar-refractivity contribution is -0.156. The van der Waals surface area contributed by atoms with E-state index < -0.39 is 35.2 Å². The second-order valence-electron chi connectivity index (χ2n) is 9.84. The molecule has 0 aliphatic heterocycles. The zero-order valence-electron chi connectivity index (χ0n) is 21.1. The zero-order chi connectivity index (χ0) is 26.1. The number of alkyl halides is 2. The molecule has 0 heterocycles. The fourth-order valence-electron chi connectivity index (χ4n) is 2.94. The number of carbonyl (C=O) groups is 3. The van der Waals surface area contributed by atoms with E-state index in [9.17, 15) is 14.4 Å². The summed E-state index contributed by atoms with van der Waals surface area (Å²) in [4.78, 5) is 39.9. The summed E-state index contributed by atoms with van der Waals surface area (Å²) in [5, 5.41) is 5.30. The lowest BCUT2D eigenvalue weighted by atomic mass is 10.1. The lowest BCUT2D eigenvalue weighted by Crippen LogP contribution is -2.47. The van der Waals surface area contributed by atoms with Gasteiger partial charge in [0.05, 0.1) is 6.42 Å². The van der Waals surface area contributed by atoms with Gasteiger partial charge >= 0.3 is 12.1 Å². The quantitative estimate of drug-likeness (QED) is 0.340. The van der Waals surface area contributed by atoms with Crippen LogP contribution in [0, 0.1) is 6.92 Å². The summed E-state index contributed by atoms with van der Waals surface area (Å²) < 4.78 is 10.6. The third-order valence-electron chi connectivity index (χ3n) is 4.35. The Morgan fingerprint density at radius 2 is 1.53 bits per heavy atom.